The first-order valence-electron chi connectivity index (χ1n) is 4.82. The fraction of sp³-hybridized carbons (Fsp3) is 0.182. The number of aliphatic imine (C=N–C) groups is 1. The molecular formula is C11H10N2O2S. The Morgan fingerprint density at radius 2 is 2.38 bits per heavy atom. The predicted octanol–water partition coefficient (Wildman–Crippen LogP) is 2.12. The summed E-state index contributed by atoms with van der Waals surface area (Å²) >= 11 is 4.92. The van der Waals surface area contributed by atoms with Gasteiger partial charge in [-0.1, -0.05) is 12.1 Å². The average molecular weight is 234 g/mol. The van der Waals surface area contributed by atoms with Crippen molar-refractivity contribution >= 4 is 23.7 Å². The fourth-order valence-corrected chi connectivity index (χ4v) is 1.34. The van der Waals surface area contributed by atoms with E-state index in [-0.39, 0.29) is 11.5 Å². The lowest BCUT2D eigenvalue weighted by atomic mass is 10.3. The Morgan fingerprint density at radius 3 is 3.06 bits per heavy atom. The van der Waals surface area contributed by atoms with E-state index in [4.69, 9.17) is 21.7 Å². The highest BCUT2D eigenvalue weighted by atomic mass is 32.1. The van der Waals surface area contributed by atoms with Crippen LogP contribution in [0.3, 0.4) is 0 Å². The Labute approximate surface area is 98.6 Å². The molecule has 82 valence electrons. The van der Waals surface area contributed by atoms with E-state index in [1.165, 1.54) is 0 Å². The summed E-state index contributed by atoms with van der Waals surface area (Å²) in [6, 6.07) is 5.31. The van der Waals surface area contributed by atoms with Crippen molar-refractivity contribution in [2.45, 2.75) is 12.6 Å². The monoisotopic (exact) mass is 234 g/mol. The second-order valence-corrected chi connectivity index (χ2v) is 3.36. The lowest BCUT2D eigenvalue weighted by molar-refractivity contribution is 0.199. The van der Waals surface area contributed by atoms with Crippen LogP contribution in [0.4, 0.5) is 0 Å². The highest BCUT2D eigenvalue weighted by Gasteiger charge is 2.09. The Bertz CT molecular complexity index is 405. The van der Waals surface area contributed by atoms with Gasteiger partial charge in [0, 0.05) is 37.1 Å². The molecule has 1 atom stereocenters. The maximum absolute atomic E-state index is 5.28. The van der Waals surface area contributed by atoms with E-state index < -0.39 is 0 Å². The number of rotatable bonds is 2. The SMILES string of the molecule is S=C(Oc1ccccn1)OC1C=CCC=N1. The molecule has 1 aliphatic heterocycles. The van der Waals surface area contributed by atoms with Gasteiger partial charge in [0.2, 0.25) is 12.1 Å². The summed E-state index contributed by atoms with van der Waals surface area (Å²) < 4.78 is 10.5. The van der Waals surface area contributed by atoms with Gasteiger partial charge in [0.05, 0.1) is 0 Å². The second-order valence-electron chi connectivity index (χ2n) is 3.02. The maximum atomic E-state index is 5.28. The lowest BCUT2D eigenvalue weighted by Gasteiger charge is -2.13. The van der Waals surface area contributed by atoms with Crippen LogP contribution in [0.25, 0.3) is 0 Å². The minimum Gasteiger partial charge on any atom is -0.427 e. The van der Waals surface area contributed by atoms with Crippen LogP contribution in [-0.4, -0.2) is 22.7 Å². The minimum absolute atomic E-state index is 0.0207. The van der Waals surface area contributed by atoms with Gasteiger partial charge in [0.15, 0.2) is 0 Å². The van der Waals surface area contributed by atoms with E-state index in [1.54, 1.807) is 24.5 Å². The van der Waals surface area contributed by atoms with Crippen LogP contribution in [0.1, 0.15) is 6.42 Å². The number of allylic oxidation sites excluding steroid dienone is 1. The number of thiocarbonyl (C=S) groups is 1. The van der Waals surface area contributed by atoms with Gasteiger partial charge >= 0.3 is 5.24 Å². The Balaban J connectivity index is 1.87. The van der Waals surface area contributed by atoms with Crippen LogP contribution >= 0.6 is 12.2 Å². The van der Waals surface area contributed by atoms with Crippen molar-refractivity contribution in [3.63, 3.8) is 0 Å². The fourth-order valence-electron chi connectivity index (χ4n) is 1.16. The van der Waals surface area contributed by atoms with Gasteiger partial charge in [0.25, 0.3) is 0 Å². The molecule has 0 bridgehead atoms. The Hall–Kier alpha value is -1.75. The minimum atomic E-state index is -0.384. The molecule has 16 heavy (non-hydrogen) atoms. The number of hydrogen-bond donors (Lipinski definition) is 0. The number of pyridine rings is 1. The van der Waals surface area contributed by atoms with Crippen LogP contribution in [0.5, 0.6) is 5.88 Å². The molecule has 0 aromatic carbocycles. The van der Waals surface area contributed by atoms with Crippen molar-refractivity contribution < 1.29 is 9.47 Å². The van der Waals surface area contributed by atoms with Crippen LogP contribution in [-0.2, 0) is 4.74 Å². The standard InChI is InChI=1S/C11H10N2O2S/c16-11(14-9-5-1-3-7-12-9)15-10-6-2-4-8-13-10/h1-3,5-8,10H,4H2. The van der Waals surface area contributed by atoms with Gasteiger partial charge in [-0.3, -0.25) is 4.99 Å². The van der Waals surface area contributed by atoms with Crippen molar-refractivity contribution in [2.24, 2.45) is 4.99 Å². The average Bonchev–Trinajstić information content (AvgIpc) is 2.31. The number of ether oxygens (including phenoxy) is 2. The zero-order chi connectivity index (χ0) is 11.2. The van der Waals surface area contributed by atoms with E-state index in [2.05, 4.69) is 9.98 Å². The smallest absolute Gasteiger partial charge is 0.361 e. The summed E-state index contributed by atoms with van der Waals surface area (Å²) in [4.78, 5) is 8.05. The molecule has 1 unspecified atom stereocenters. The first kappa shape index (κ1) is 10.8. The van der Waals surface area contributed by atoms with Crippen LogP contribution in [0, 0.1) is 0 Å². The number of dihydropyridines is 1. The molecule has 2 rings (SSSR count). The van der Waals surface area contributed by atoms with Crippen molar-refractivity contribution in [1.82, 2.24) is 4.98 Å². The normalized spacial score (nSPS) is 18.1. The van der Waals surface area contributed by atoms with Gasteiger partial charge in [-0.25, -0.2) is 4.98 Å². The van der Waals surface area contributed by atoms with Gasteiger partial charge in [-0.05, 0) is 12.1 Å². The maximum Gasteiger partial charge on any atom is 0.361 e. The summed E-state index contributed by atoms with van der Waals surface area (Å²) in [5.74, 6) is 0.413. The number of nitrogens with zero attached hydrogens (tertiary/aromatic N) is 2. The molecule has 0 radical (unpaired) electrons. The van der Waals surface area contributed by atoms with Crippen molar-refractivity contribution in [3.8, 4) is 5.88 Å². The highest BCUT2D eigenvalue weighted by Crippen LogP contribution is 2.08. The highest BCUT2D eigenvalue weighted by molar-refractivity contribution is 7.79. The molecule has 5 heteroatoms. The molecule has 0 N–H and O–H groups in total. The largest absolute Gasteiger partial charge is 0.427 e. The molecule has 0 spiro atoms. The molecular weight excluding hydrogens is 224 g/mol. The Morgan fingerprint density at radius 1 is 1.44 bits per heavy atom. The molecule has 1 aromatic heterocycles. The van der Waals surface area contributed by atoms with E-state index in [0.29, 0.717) is 5.88 Å². The van der Waals surface area contributed by atoms with E-state index in [9.17, 15) is 0 Å². The molecule has 0 saturated heterocycles. The van der Waals surface area contributed by atoms with E-state index in [1.807, 2.05) is 18.2 Å². The molecule has 4 nitrogen and oxygen atoms in total. The third-order valence-electron chi connectivity index (χ3n) is 1.84. The van der Waals surface area contributed by atoms with Gasteiger partial charge in [-0.15, -0.1) is 0 Å². The molecule has 1 aliphatic rings. The molecule has 0 aliphatic carbocycles. The summed E-state index contributed by atoms with van der Waals surface area (Å²) in [6.45, 7) is 0. The van der Waals surface area contributed by atoms with Crippen LogP contribution in [0.15, 0.2) is 41.5 Å². The van der Waals surface area contributed by atoms with Gasteiger partial charge < -0.3 is 9.47 Å². The molecule has 2 heterocycles. The van der Waals surface area contributed by atoms with E-state index >= 15 is 0 Å². The van der Waals surface area contributed by atoms with Crippen LogP contribution < -0.4 is 4.74 Å². The first-order valence-corrected chi connectivity index (χ1v) is 5.23. The van der Waals surface area contributed by atoms with Gasteiger partial charge in [0.1, 0.15) is 0 Å². The third kappa shape index (κ3) is 3.13. The van der Waals surface area contributed by atoms with Crippen LogP contribution in [0.2, 0.25) is 0 Å². The predicted molar refractivity (Wildman–Crippen MR) is 64.6 cm³/mol. The van der Waals surface area contributed by atoms with Crippen molar-refractivity contribution in [3.05, 3.63) is 36.5 Å². The zero-order valence-corrected chi connectivity index (χ0v) is 9.26. The summed E-state index contributed by atoms with van der Waals surface area (Å²) in [7, 11) is 0. The van der Waals surface area contributed by atoms with E-state index in [0.717, 1.165) is 6.42 Å². The first-order chi connectivity index (χ1) is 7.84. The number of aromatic nitrogens is 1. The number of hydrogen-bond acceptors (Lipinski definition) is 5. The van der Waals surface area contributed by atoms with Gasteiger partial charge in [-0.2, -0.15) is 0 Å². The van der Waals surface area contributed by atoms with Crippen molar-refractivity contribution in [1.29, 1.82) is 0 Å². The summed E-state index contributed by atoms with van der Waals surface area (Å²) in [5, 5.41) is 0.0207. The lowest BCUT2D eigenvalue weighted by Crippen LogP contribution is -2.18. The quantitative estimate of drug-likeness (QED) is 0.580. The third-order valence-corrected chi connectivity index (χ3v) is 2.02. The second kappa shape index (κ2) is 5.37. The Kier molecular flexibility index (Phi) is 3.61. The van der Waals surface area contributed by atoms with Crippen molar-refractivity contribution in [2.75, 3.05) is 0 Å². The zero-order valence-electron chi connectivity index (χ0n) is 8.45. The molecule has 0 saturated carbocycles. The molecule has 1 aromatic rings. The molecule has 0 fully saturated rings. The molecule has 0 amide bonds. The summed E-state index contributed by atoms with van der Waals surface area (Å²) in [6.07, 6.45) is 7.62. The summed E-state index contributed by atoms with van der Waals surface area (Å²) in [5.41, 5.74) is 0. The topological polar surface area (TPSA) is 43.7 Å².